The molecule has 0 heterocycles. The number of hydrogen-bond donors (Lipinski definition) is 0. The molecule has 0 aromatic heterocycles. The largest absolute Gasteiger partial charge is 1.00 e. The predicted octanol–water partition coefficient (Wildman–Crippen LogP) is -0.438. The van der Waals surface area contributed by atoms with Crippen molar-refractivity contribution in [2.45, 2.75) is 26.2 Å². The van der Waals surface area contributed by atoms with E-state index in [1.807, 2.05) is 6.08 Å². The number of hydrogen-bond acceptors (Lipinski definition) is 2. The van der Waals surface area contributed by atoms with Crippen molar-refractivity contribution in [2.75, 3.05) is 20.0 Å². The van der Waals surface area contributed by atoms with E-state index in [4.69, 9.17) is 9.47 Å². The molecule has 0 atom stereocenters. The molecule has 0 radical (unpaired) electrons. The molecule has 0 saturated carbocycles. The van der Waals surface area contributed by atoms with Crippen LogP contribution in [-0.2, 0) is 9.47 Å². The Bertz CT molecular complexity index is 105. The maximum absolute atomic E-state index is 5.19. The molecule has 2 nitrogen and oxygen atoms in total. The number of allylic oxidation sites excluding steroid dienone is 1. The van der Waals surface area contributed by atoms with Crippen LogP contribution in [0.2, 0.25) is 0 Å². The third-order valence-electron chi connectivity index (χ3n) is 1.28. The summed E-state index contributed by atoms with van der Waals surface area (Å²) in [5.41, 5.74) is 0. The second-order valence-corrected chi connectivity index (χ2v) is 2.48. The monoisotopic (exact) mass is 178 g/mol. The van der Waals surface area contributed by atoms with Crippen LogP contribution in [0.4, 0.5) is 0 Å². The van der Waals surface area contributed by atoms with Crippen LogP contribution in [-0.4, -0.2) is 20.0 Å². The van der Waals surface area contributed by atoms with Crippen LogP contribution in [0.1, 0.15) is 26.2 Å². The van der Waals surface area contributed by atoms with Gasteiger partial charge in [0.1, 0.15) is 6.79 Å². The Morgan fingerprint density at radius 3 is 2.46 bits per heavy atom. The molecule has 0 fully saturated rings. The number of ether oxygens (including phenoxy) is 2. The summed E-state index contributed by atoms with van der Waals surface area (Å²) in [6, 6.07) is 0. The van der Waals surface area contributed by atoms with E-state index in [0.717, 1.165) is 32.5 Å². The summed E-state index contributed by atoms with van der Waals surface area (Å²) in [6.07, 6.45) is 6.96. The Morgan fingerprint density at radius 2 is 1.85 bits per heavy atom. The first-order chi connectivity index (χ1) is 5.91. The van der Waals surface area contributed by atoms with Gasteiger partial charge in [-0.2, -0.15) is 6.42 Å². The molecule has 0 aliphatic rings. The summed E-state index contributed by atoms with van der Waals surface area (Å²) < 4.78 is 10.3. The molecule has 0 aliphatic heterocycles. The summed E-state index contributed by atoms with van der Waals surface area (Å²) in [5, 5.41) is 0. The van der Waals surface area contributed by atoms with Gasteiger partial charge in [0.15, 0.2) is 0 Å². The first-order valence-corrected chi connectivity index (χ1v) is 4.51. The van der Waals surface area contributed by atoms with Crippen molar-refractivity contribution in [3.63, 3.8) is 0 Å². The summed E-state index contributed by atoms with van der Waals surface area (Å²) in [6.45, 7) is 7.72. The molecule has 0 amide bonds. The molecule has 0 N–H and O–H groups in total. The SMILES string of the molecule is [CH2-]C/C=C\CCOCOCCC.[Li+]. The Hall–Kier alpha value is 0.257. The predicted molar refractivity (Wildman–Crippen MR) is 50.8 cm³/mol. The van der Waals surface area contributed by atoms with Crippen molar-refractivity contribution in [2.24, 2.45) is 0 Å². The Labute approximate surface area is 93.9 Å². The minimum Gasteiger partial charge on any atom is -0.355 e. The van der Waals surface area contributed by atoms with E-state index < -0.39 is 0 Å². The Morgan fingerprint density at radius 1 is 1.15 bits per heavy atom. The smallest absolute Gasteiger partial charge is 0.355 e. The van der Waals surface area contributed by atoms with Gasteiger partial charge in [-0.25, -0.2) is 0 Å². The number of rotatable bonds is 8. The zero-order valence-corrected chi connectivity index (χ0v) is 8.92. The van der Waals surface area contributed by atoms with Crippen LogP contribution in [0.3, 0.4) is 0 Å². The van der Waals surface area contributed by atoms with E-state index in [2.05, 4.69) is 19.9 Å². The molecular formula is C10H19LiO2. The molecule has 0 unspecified atom stereocenters. The molecule has 3 heteroatoms. The van der Waals surface area contributed by atoms with Gasteiger partial charge in [-0.3, -0.25) is 0 Å². The minimum absolute atomic E-state index is 0. The van der Waals surface area contributed by atoms with Gasteiger partial charge in [0.25, 0.3) is 0 Å². The molecule has 0 aromatic carbocycles. The van der Waals surface area contributed by atoms with Crippen molar-refractivity contribution in [3.8, 4) is 0 Å². The van der Waals surface area contributed by atoms with Gasteiger partial charge < -0.3 is 16.4 Å². The van der Waals surface area contributed by atoms with Gasteiger partial charge in [0, 0.05) is 6.61 Å². The van der Waals surface area contributed by atoms with E-state index >= 15 is 0 Å². The zero-order chi connectivity index (χ0) is 9.07. The van der Waals surface area contributed by atoms with Crippen molar-refractivity contribution >= 4 is 0 Å². The average molecular weight is 178 g/mol. The van der Waals surface area contributed by atoms with Gasteiger partial charge in [-0.15, -0.1) is 6.08 Å². The van der Waals surface area contributed by atoms with Crippen molar-refractivity contribution in [1.29, 1.82) is 0 Å². The molecule has 0 aromatic rings. The molecule has 0 rings (SSSR count). The van der Waals surface area contributed by atoms with Gasteiger partial charge in [0.2, 0.25) is 0 Å². The van der Waals surface area contributed by atoms with Crippen molar-refractivity contribution in [1.82, 2.24) is 0 Å². The standard InChI is InChI=1S/C10H19O2.Li/c1-3-5-6-7-9-12-10-11-8-4-2;/h5-6H,1,3-4,7-10H2,2H3;/q-1;+1/b6-5-;. The van der Waals surface area contributed by atoms with Crippen molar-refractivity contribution in [3.05, 3.63) is 19.1 Å². The van der Waals surface area contributed by atoms with Crippen LogP contribution in [0.15, 0.2) is 12.2 Å². The fourth-order valence-corrected chi connectivity index (χ4v) is 0.708. The summed E-state index contributed by atoms with van der Waals surface area (Å²) in [4.78, 5) is 0. The molecule has 0 bridgehead atoms. The third-order valence-corrected chi connectivity index (χ3v) is 1.28. The maximum atomic E-state index is 5.19. The van der Waals surface area contributed by atoms with Gasteiger partial charge in [-0.05, 0) is 12.8 Å². The fraction of sp³-hybridized carbons (Fsp3) is 0.700. The van der Waals surface area contributed by atoms with Crippen LogP contribution < -0.4 is 18.9 Å². The first-order valence-electron chi connectivity index (χ1n) is 4.51. The van der Waals surface area contributed by atoms with Crippen LogP contribution in [0, 0.1) is 6.92 Å². The average Bonchev–Trinajstić information content (AvgIpc) is 2.10. The van der Waals surface area contributed by atoms with E-state index in [9.17, 15) is 0 Å². The van der Waals surface area contributed by atoms with Crippen LogP contribution in [0.25, 0.3) is 0 Å². The van der Waals surface area contributed by atoms with E-state index in [1.165, 1.54) is 0 Å². The summed E-state index contributed by atoms with van der Waals surface area (Å²) in [7, 11) is 0. The normalized spacial score (nSPS) is 10.3. The van der Waals surface area contributed by atoms with Gasteiger partial charge >= 0.3 is 18.9 Å². The van der Waals surface area contributed by atoms with Crippen molar-refractivity contribution < 1.29 is 28.3 Å². The van der Waals surface area contributed by atoms with E-state index in [1.54, 1.807) is 0 Å². The second kappa shape index (κ2) is 14.8. The zero-order valence-electron chi connectivity index (χ0n) is 8.92. The first kappa shape index (κ1) is 15.7. The van der Waals surface area contributed by atoms with E-state index in [0.29, 0.717) is 6.79 Å². The Balaban J connectivity index is 0. The summed E-state index contributed by atoms with van der Waals surface area (Å²) >= 11 is 0. The van der Waals surface area contributed by atoms with Gasteiger partial charge in [0.05, 0.1) is 6.61 Å². The van der Waals surface area contributed by atoms with E-state index in [-0.39, 0.29) is 18.9 Å². The quantitative estimate of drug-likeness (QED) is 0.165. The second-order valence-electron chi connectivity index (χ2n) is 2.48. The minimum atomic E-state index is 0. The Kier molecular flexibility index (Phi) is 17.8. The molecule has 13 heavy (non-hydrogen) atoms. The molecule has 0 saturated heterocycles. The molecule has 72 valence electrons. The van der Waals surface area contributed by atoms with Crippen LogP contribution >= 0.6 is 0 Å². The molecular weight excluding hydrogens is 159 g/mol. The summed E-state index contributed by atoms with van der Waals surface area (Å²) in [5.74, 6) is 0. The fourth-order valence-electron chi connectivity index (χ4n) is 0.708. The molecule has 0 spiro atoms. The maximum Gasteiger partial charge on any atom is 1.00 e. The third kappa shape index (κ3) is 15.0. The van der Waals surface area contributed by atoms with Gasteiger partial charge in [-0.1, -0.05) is 13.0 Å². The molecule has 0 aliphatic carbocycles. The van der Waals surface area contributed by atoms with Crippen LogP contribution in [0.5, 0.6) is 0 Å². The topological polar surface area (TPSA) is 18.5 Å².